The number of anilines is 1. The molecule has 0 aliphatic heterocycles. The minimum Gasteiger partial charge on any atom is -0.470 e. The van der Waals surface area contributed by atoms with Crippen molar-refractivity contribution in [3.63, 3.8) is 0 Å². The second-order valence-corrected chi connectivity index (χ2v) is 5.82. The van der Waals surface area contributed by atoms with Gasteiger partial charge in [0, 0.05) is 12.3 Å². The number of halogens is 4. The van der Waals surface area contributed by atoms with Crippen LogP contribution in [0.4, 0.5) is 18.9 Å². The number of alkyl halides is 2. The number of carbonyl (C=O) groups is 1. The molecule has 1 aromatic heterocycles. The first kappa shape index (κ1) is 19.6. The Labute approximate surface area is 162 Å². The lowest BCUT2D eigenvalue weighted by atomic mass is 10.2. The molecule has 1 amide bonds. The van der Waals surface area contributed by atoms with Gasteiger partial charge in [0.05, 0.1) is 10.7 Å². The van der Waals surface area contributed by atoms with E-state index in [0.29, 0.717) is 10.8 Å². The number of hydrogen-bond acceptors (Lipinski definition) is 4. The first-order valence-corrected chi connectivity index (χ1v) is 8.26. The molecule has 0 spiro atoms. The van der Waals surface area contributed by atoms with Crippen molar-refractivity contribution in [2.24, 2.45) is 0 Å². The lowest BCUT2D eigenvalue weighted by molar-refractivity contribution is -0.0495. The normalized spacial score (nSPS) is 10.8. The Hall–Kier alpha value is -3.20. The standard InChI is InChI=1S/C18H13ClF3N3O3/c19-12-3-1-2-4-15(12)27-10-25-8-7-14(24-25)17(26)23-13-6-5-11(20)9-16(13)28-18(21)22/h1-9,18H,10H2,(H,23,26). The summed E-state index contributed by atoms with van der Waals surface area (Å²) < 4.78 is 49.2. The molecule has 0 saturated carbocycles. The van der Waals surface area contributed by atoms with Crippen LogP contribution in [0.5, 0.6) is 11.5 Å². The number of hydrogen-bond donors (Lipinski definition) is 1. The number of amides is 1. The third-order valence-corrected chi connectivity index (χ3v) is 3.78. The average molecular weight is 412 g/mol. The highest BCUT2D eigenvalue weighted by Gasteiger charge is 2.16. The summed E-state index contributed by atoms with van der Waals surface area (Å²) in [5, 5.41) is 6.81. The van der Waals surface area contributed by atoms with Gasteiger partial charge in [-0.15, -0.1) is 0 Å². The van der Waals surface area contributed by atoms with Crippen LogP contribution >= 0.6 is 11.6 Å². The highest BCUT2D eigenvalue weighted by Crippen LogP contribution is 2.27. The molecule has 1 heterocycles. The van der Waals surface area contributed by atoms with Crippen LogP contribution in [-0.4, -0.2) is 22.3 Å². The van der Waals surface area contributed by atoms with E-state index in [-0.39, 0.29) is 18.1 Å². The number of para-hydroxylation sites is 1. The Morgan fingerprint density at radius 2 is 1.96 bits per heavy atom. The number of rotatable bonds is 7. The molecule has 6 nitrogen and oxygen atoms in total. The Kier molecular flexibility index (Phi) is 6.05. The van der Waals surface area contributed by atoms with E-state index >= 15 is 0 Å². The predicted molar refractivity (Wildman–Crippen MR) is 95.3 cm³/mol. The number of ether oxygens (including phenoxy) is 2. The molecule has 0 saturated heterocycles. The Bertz CT molecular complexity index is 981. The topological polar surface area (TPSA) is 65.4 Å². The van der Waals surface area contributed by atoms with Crippen LogP contribution in [0, 0.1) is 5.82 Å². The Morgan fingerprint density at radius 3 is 2.71 bits per heavy atom. The molecular weight excluding hydrogens is 399 g/mol. The van der Waals surface area contributed by atoms with E-state index in [1.807, 2.05) is 0 Å². The van der Waals surface area contributed by atoms with Crippen molar-refractivity contribution in [2.45, 2.75) is 13.3 Å². The SMILES string of the molecule is O=C(Nc1ccc(F)cc1OC(F)F)c1ccn(COc2ccccc2Cl)n1. The quantitative estimate of drug-likeness (QED) is 0.618. The molecule has 0 unspecified atom stereocenters. The van der Waals surface area contributed by atoms with E-state index < -0.39 is 24.1 Å². The summed E-state index contributed by atoms with van der Waals surface area (Å²) in [5.74, 6) is -1.52. The zero-order valence-electron chi connectivity index (χ0n) is 14.1. The van der Waals surface area contributed by atoms with Gasteiger partial charge in [-0.2, -0.15) is 13.9 Å². The summed E-state index contributed by atoms with van der Waals surface area (Å²) in [5.41, 5.74) is -0.122. The largest absolute Gasteiger partial charge is 0.470 e. The van der Waals surface area contributed by atoms with Crippen LogP contribution in [0.1, 0.15) is 10.5 Å². The van der Waals surface area contributed by atoms with E-state index in [4.69, 9.17) is 16.3 Å². The fourth-order valence-corrected chi connectivity index (χ4v) is 2.42. The van der Waals surface area contributed by atoms with E-state index in [1.54, 1.807) is 24.3 Å². The molecule has 10 heteroatoms. The van der Waals surface area contributed by atoms with Crippen molar-refractivity contribution < 1.29 is 27.4 Å². The molecule has 0 fully saturated rings. The van der Waals surface area contributed by atoms with Gasteiger partial charge in [-0.3, -0.25) is 4.79 Å². The summed E-state index contributed by atoms with van der Waals surface area (Å²) in [7, 11) is 0. The van der Waals surface area contributed by atoms with Gasteiger partial charge in [-0.25, -0.2) is 9.07 Å². The van der Waals surface area contributed by atoms with Crippen LogP contribution in [0.25, 0.3) is 0 Å². The van der Waals surface area contributed by atoms with Crippen molar-refractivity contribution in [2.75, 3.05) is 5.32 Å². The highest BCUT2D eigenvalue weighted by molar-refractivity contribution is 6.32. The predicted octanol–water partition coefficient (Wildman–Crippen LogP) is 4.57. The smallest absolute Gasteiger partial charge is 0.387 e. The second-order valence-electron chi connectivity index (χ2n) is 5.42. The number of aromatic nitrogens is 2. The lowest BCUT2D eigenvalue weighted by Crippen LogP contribution is -2.15. The van der Waals surface area contributed by atoms with Gasteiger partial charge in [0.2, 0.25) is 0 Å². The molecule has 2 aromatic carbocycles. The molecule has 0 atom stereocenters. The fraction of sp³-hybridized carbons (Fsp3) is 0.111. The van der Waals surface area contributed by atoms with Crippen molar-refractivity contribution in [1.82, 2.24) is 9.78 Å². The van der Waals surface area contributed by atoms with Gasteiger partial charge >= 0.3 is 6.61 Å². The van der Waals surface area contributed by atoms with Gasteiger partial charge in [-0.05, 0) is 30.3 Å². The molecule has 3 rings (SSSR count). The molecule has 0 aliphatic rings. The van der Waals surface area contributed by atoms with Gasteiger partial charge in [0.15, 0.2) is 18.2 Å². The zero-order chi connectivity index (χ0) is 20.1. The highest BCUT2D eigenvalue weighted by atomic mass is 35.5. The minimum atomic E-state index is -3.17. The van der Waals surface area contributed by atoms with Gasteiger partial charge in [0.25, 0.3) is 5.91 Å². The third kappa shape index (κ3) is 4.95. The molecule has 28 heavy (non-hydrogen) atoms. The zero-order valence-corrected chi connectivity index (χ0v) is 14.9. The summed E-state index contributed by atoms with van der Waals surface area (Å²) in [6, 6.07) is 11.1. The minimum absolute atomic E-state index is 0.00456. The van der Waals surface area contributed by atoms with Crippen molar-refractivity contribution in [3.8, 4) is 11.5 Å². The second kappa shape index (κ2) is 8.66. The number of nitrogens with zero attached hydrogens (tertiary/aromatic N) is 2. The van der Waals surface area contributed by atoms with Crippen molar-refractivity contribution >= 4 is 23.2 Å². The molecule has 1 N–H and O–H groups in total. The Balaban J connectivity index is 1.67. The van der Waals surface area contributed by atoms with E-state index in [2.05, 4.69) is 15.2 Å². The van der Waals surface area contributed by atoms with Crippen LogP contribution in [0.3, 0.4) is 0 Å². The van der Waals surface area contributed by atoms with E-state index in [0.717, 1.165) is 18.2 Å². The summed E-state index contributed by atoms with van der Waals surface area (Å²) in [6.07, 6.45) is 1.49. The third-order valence-electron chi connectivity index (χ3n) is 3.47. The maximum atomic E-state index is 13.2. The number of carbonyl (C=O) groups excluding carboxylic acids is 1. The summed E-state index contributed by atoms with van der Waals surface area (Å²) in [4.78, 5) is 12.3. The van der Waals surface area contributed by atoms with Gasteiger partial charge < -0.3 is 14.8 Å². The van der Waals surface area contributed by atoms with E-state index in [1.165, 1.54) is 16.9 Å². The number of nitrogens with one attached hydrogen (secondary N) is 1. The molecular formula is C18H13ClF3N3O3. The fourth-order valence-electron chi connectivity index (χ4n) is 2.23. The van der Waals surface area contributed by atoms with Crippen molar-refractivity contribution in [3.05, 3.63) is 71.3 Å². The van der Waals surface area contributed by atoms with Crippen LogP contribution in [-0.2, 0) is 6.73 Å². The van der Waals surface area contributed by atoms with Gasteiger partial charge in [-0.1, -0.05) is 23.7 Å². The van der Waals surface area contributed by atoms with E-state index in [9.17, 15) is 18.0 Å². The first-order chi connectivity index (χ1) is 13.4. The van der Waals surface area contributed by atoms with Crippen LogP contribution < -0.4 is 14.8 Å². The molecule has 0 bridgehead atoms. The average Bonchev–Trinajstić information content (AvgIpc) is 3.12. The lowest BCUT2D eigenvalue weighted by Gasteiger charge is -2.11. The van der Waals surface area contributed by atoms with Crippen LogP contribution in [0.2, 0.25) is 5.02 Å². The Morgan fingerprint density at radius 1 is 1.18 bits per heavy atom. The maximum Gasteiger partial charge on any atom is 0.387 e. The molecule has 146 valence electrons. The molecule has 0 radical (unpaired) electrons. The first-order valence-electron chi connectivity index (χ1n) is 7.89. The summed E-state index contributed by atoms with van der Waals surface area (Å²) >= 11 is 5.99. The van der Waals surface area contributed by atoms with Crippen LogP contribution in [0.15, 0.2) is 54.7 Å². The van der Waals surface area contributed by atoms with Gasteiger partial charge in [0.1, 0.15) is 11.6 Å². The monoisotopic (exact) mass is 411 g/mol. The summed E-state index contributed by atoms with van der Waals surface area (Å²) in [6.45, 7) is -3.17. The number of benzene rings is 2. The molecule has 0 aliphatic carbocycles. The molecule has 3 aromatic rings. The van der Waals surface area contributed by atoms with Crippen molar-refractivity contribution in [1.29, 1.82) is 0 Å². The maximum absolute atomic E-state index is 13.2.